The van der Waals surface area contributed by atoms with Crippen LogP contribution in [0.3, 0.4) is 0 Å². The zero-order chi connectivity index (χ0) is 16.5. The average Bonchev–Trinajstić information content (AvgIpc) is 2.56. The van der Waals surface area contributed by atoms with Crippen LogP contribution < -0.4 is 16.0 Å². The molecule has 0 atom stereocenters. The summed E-state index contributed by atoms with van der Waals surface area (Å²) in [6.45, 7) is 2.77. The lowest BCUT2D eigenvalue weighted by atomic mass is 9.96. The third kappa shape index (κ3) is 7.46. The number of aliphatic imine (C=N–C) groups is 1. The van der Waals surface area contributed by atoms with Gasteiger partial charge in [0.1, 0.15) is 12.4 Å². The largest absolute Gasteiger partial charge is 0.357 e. The number of guanidine groups is 1. The summed E-state index contributed by atoms with van der Waals surface area (Å²) in [6.07, 6.45) is 6.06. The molecule has 3 N–H and O–H groups in total. The van der Waals surface area contributed by atoms with Gasteiger partial charge in [0, 0.05) is 18.3 Å². The lowest BCUT2D eigenvalue weighted by Gasteiger charge is -2.24. The molecule has 1 saturated carbocycles. The number of benzene rings is 1. The molecular formula is C17H26FIN4O. The van der Waals surface area contributed by atoms with E-state index in [1.54, 1.807) is 0 Å². The molecule has 1 aromatic carbocycles. The van der Waals surface area contributed by atoms with E-state index in [9.17, 15) is 9.18 Å². The number of anilines is 1. The van der Waals surface area contributed by atoms with E-state index in [0.29, 0.717) is 17.7 Å². The topological polar surface area (TPSA) is 65.5 Å². The van der Waals surface area contributed by atoms with Crippen LogP contribution in [0.25, 0.3) is 0 Å². The van der Waals surface area contributed by atoms with Crippen molar-refractivity contribution >= 4 is 41.5 Å². The number of rotatable bonds is 5. The Hall–Kier alpha value is -1.38. The predicted molar refractivity (Wildman–Crippen MR) is 106 cm³/mol. The molecular weight excluding hydrogens is 422 g/mol. The van der Waals surface area contributed by atoms with Gasteiger partial charge in [-0.15, -0.1) is 24.0 Å². The minimum atomic E-state index is -0.327. The van der Waals surface area contributed by atoms with Crippen LogP contribution in [0.15, 0.2) is 29.3 Å². The smallest absolute Gasteiger partial charge is 0.246 e. The lowest BCUT2D eigenvalue weighted by molar-refractivity contribution is -0.114. The molecule has 0 unspecified atom stereocenters. The van der Waals surface area contributed by atoms with Crippen molar-refractivity contribution in [3.8, 4) is 0 Å². The van der Waals surface area contributed by atoms with Gasteiger partial charge in [0.05, 0.1) is 0 Å². The number of carbonyl (C=O) groups is 1. The Morgan fingerprint density at radius 2 is 1.88 bits per heavy atom. The van der Waals surface area contributed by atoms with Gasteiger partial charge in [-0.3, -0.25) is 4.79 Å². The van der Waals surface area contributed by atoms with E-state index in [4.69, 9.17) is 0 Å². The van der Waals surface area contributed by atoms with Crippen molar-refractivity contribution < 1.29 is 9.18 Å². The summed E-state index contributed by atoms with van der Waals surface area (Å²) in [5, 5.41) is 9.26. The molecule has 0 saturated heterocycles. The quantitative estimate of drug-likeness (QED) is 0.368. The first-order chi connectivity index (χ1) is 11.2. The van der Waals surface area contributed by atoms with E-state index < -0.39 is 0 Å². The van der Waals surface area contributed by atoms with Crippen LogP contribution >= 0.6 is 24.0 Å². The molecule has 0 spiro atoms. The van der Waals surface area contributed by atoms with Gasteiger partial charge in [-0.2, -0.15) is 0 Å². The van der Waals surface area contributed by atoms with Crippen LogP contribution in [0.2, 0.25) is 0 Å². The summed E-state index contributed by atoms with van der Waals surface area (Å²) in [7, 11) is 0. The second-order valence-corrected chi connectivity index (χ2v) is 5.73. The number of amides is 1. The summed E-state index contributed by atoms with van der Waals surface area (Å²) < 4.78 is 12.8. The normalized spacial score (nSPS) is 15.3. The van der Waals surface area contributed by atoms with E-state index >= 15 is 0 Å². The number of carbonyl (C=O) groups excluding carboxylic acids is 1. The van der Waals surface area contributed by atoms with Crippen LogP contribution in [-0.4, -0.2) is 31.0 Å². The molecule has 5 nitrogen and oxygen atoms in total. The molecule has 1 fully saturated rings. The van der Waals surface area contributed by atoms with Gasteiger partial charge in [0.2, 0.25) is 5.91 Å². The molecule has 0 bridgehead atoms. The maximum Gasteiger partial charge on any atom is 0.246 e. The monoisotopic (exact) mass is 448 g/mol. The highest BCUT2D eigenvalue weighted by Gasteiger charge is 2.14. The Kier molecular flexibility index (Phi) is 9.66. The molecule has 1 aromatic rings. The second-order valence-electron chi connectivity index (χ2n) is 5.73. The number of halogens is 2. The Labute approximate surface area is 159 Å². The second kappa shape index (κ2) is 11.2. The highest BCUT2D eigenvalue weighted by atomic mass is 127. The molecule has 134 valence electrons. The maximum atomic E-state index is 12.8. The summed E-state index contributed by atoms with van der Waals surface area (Å²) in [4.78, 5) is 16.3. The van der Waals surface area contributed by atoms with Gasteiger partial charge in [0.15, 0.2) is 5.96 Å². The third-order valence-electron chi connectivity index (χ3n) is 3.80. The van der Waals surface area contributed by atoms with E-state index in [-0.39, 0.29) is 42.2 Å². The molecule has 0 aliphatic heterocycles. The molecule has 1 amide bonds. The van der Waals surface area contributed by atoms with Crippen LogP contribution in [0.5, 0.6) is 0 Å². The molecule has 0 aromatic heterocycles. The van der Waals surface area contributed by atoms with E-state index in [2.05, 4.69) is 20.9 Å². The zero-order valence-electron chi connectivity index (χ0n) is 14.0. The number of nitrogens with zero attached hydrogens (tertiary/aromatic N) is 1. The lowest BCUT2D eigenvalue weighted by Crippen LogP contribution is -2.44. The standard InChI is InChI=1S/C17H25FN4O.HI/c1-2-19-17(22-14-6-4-3-5-7-14)20-12-16(23)21-15-10-8-13(18)9-11-15;/h8-11,14H,2-7,12H2,1H3,(H,21,23)(H2,19,20,22);1H. The van der Waals surface area contributed by atoms with Crippen molar-refractivity contribution in [2.75, 3.05) is 18.4 Å². The average molecular weight is 448 g/mol. The molecule has 1 aliphatic carbocycles. The number of hydrogen-bond acceptors (Lipinski definition) is 2. The number of nitrogens with one attached hydrogen (secondary N) is 3. The van der Waals surface area contributed by atoms with Gasteiger partial charge < -0.3 is 16.0 Å². The SMILES string of the molecule is CCNC(=NCC(=O)Nc1ccc(F)cc1)NC1CCCCC1.I. The van der Waals surface area contributed by atoms with Crippen LogP contribution in [0.1, 0.15) is 39.0 Å². The molecule has 1 aliphatic rings. The van der Waals surface area contributed by atoms with Gasteiger partial charge in [-0.05, 0) is 44.0 Å². The van der Waals surface area contributed by atoms with E-state index in [1.165, 1.54) is 43.5 Å². The summed E-state index contributed by atoms with van der Waals surface area (Å²) in [5.41, 5.74) is 0.567. The molecule has 2 rings (SSSR count). The fraction of sp³-hybridized carbons (Fsp3) is 0.529. The van der Waals surface area contributed by atoms with Crippen molar-refractivity contribution in [2.24, 2.45) is 4.99 Å². The molecule has 24 heavy (non-hydrogen) atoms. The van der Waals surface area contributed by atoms with Gasteiger partial charge >= 0.3 is 0 Å². The fourth-order valence-corrected chi connectivity index (χ4v) is 2.64. The molecule has 7 heteroatoms. The van der Waals surface area contributed by atoms with Crippen molar-refractivity contribution in [2.45, 2.75) is 45.1 Å². The van der Waals surface area contributed by atoms with Crippen molar-refractivity contribution in [3.05, 3.63) is 30.1 Å². The summed E-state index contributed by atoms with van der Waals surface area (Å²) in [6, 6.07) is 6.12. The molecule has 0 radical (unpaired) electrons. The van der Waals surface area contributed by atoms with Gasteiger partial charge in [0.25, 0.3) is 0 Å². The van der Waals surface area contributed by atoms with Crippen LogP contribution in [0, 0.1) is 5.82 Å². The molecule has 0 heterocycles. The Bertz CT molecular complexity index is 530. The van der Waals surface area contributed by atoms with Gasteiger partial charge in [-0.25, -0.2) is 9.38 Å². The van der Waals surface area contributed by atoms with Crippen molar-refractivity contribution in [1.82, 2.24) is 10.6 Å². The Morgan fingerprint density at radius 1 is 1.21 bits per heavy atom. The van der Waals surface area contributed by atoms with Crippen molar-refractivity contribution in [1.29, 1.82) is 0 Å². The fourth-order valence-electron chi connectivity index (χ4n) is 2.64. The first kappa shape index (κ1) is 20.7. The van der Waals surface area contributed by atoms with E-state index in [1.807, 2.05) is 6.92 Å². The number of hydrogen-bond donors (Lipinski definition) is 3. The zero-order valence-corrected chi connectivity index (χ0v) is 16.3. The first-order valence-electron chi connectivity index (χ1n) is 8.27. The maximum absolute atomic E-state index is 12.8. The van der Waals surface area contributed by atoms with Crippen molar-refractivity contribution in [3.63, 3.8) is 0 Å². The first-order valence-corrected chi connectivity index (χ1v) is 8.27. The third-order valence-corrected chi connectivity index (χ3v) is 3.80. The summed E-state index contributed by atoms with van der Waals surface area (Å²) in [5.74, 6) is 0.123. The van der Waals surface area contributed by atoms with E-state index in [0.717, 1.165) is 19.4 Å². The summed E-state index contributed by atoms with van der Waals surface area (Å²) >= 11 is 0. The minimum Gasteiger partial charge on any atom is -0.357 e. The van der Waals surface area contributed by atoms with Crippen LogP contribution in [0.4, 0.5) is 10.1 Å². The Balaban J connectivity index is 0.00000288. The predicted octanol–water partition coefficient (Wildman–Crippen LogP) is 3.27. The van der Waals surface area contributed by atoms with Crippen LogP contribution in [-0.2, 0) is 4.79 Å². The highest BCUT2D eigenvalue weighted by Crippen LogP contribution is 2.17. The Morgan fingerprint density at radius 3 is 2.50 bits per heavy atom. The minimum absolute atomic E-state index is 0. The van der Waals surface area contributed by atoms with Gasteiger partial charge in [-0.1, -0.05) is 19.3 Å². The highest BCUT2D eigenvalue weighted by molar-refractivity contribution is 14.0.